The van der Waals surface area contributed by atoms with Gasteiger partial charge in [0, 0.05) is 31.2 Å². The number of nitrogens with zero attached hydrogens (tertiary/aromatic N) is 1. The van der Waals surface area contributed by atoms with Gasteiger partial charge in [0.2, 0.25) is 0 Å². The van der Waals surface area contributed by atoms with Crippen LogP contribution in [0, 0.1) is 0 Å². The van der Waals surface area contributed by atoms with Crippen molar-refractivity contribution in [2.75, 3.05) is 20.8 Å². The van der Waals surface area contributed by atoms with Crippen molar-refractivity contribution in [2.24, 2.45) is 0 Å². The monoisotopic (exact) mass is 330 g/mol. The minimum Gasteiger partial charge on any atom is -0.383 e. The highest BCUT2D eigenvalue weighted by molar-refractivity contribution is 9.10. The molecule has 3 nitrogen and oxygen atoms in total. The van der Waals surface area contributed by atoms with Crippen LogP contribution in [-0.2, 0) is 11.3 Å². The Hall–Kier alpha value is -0.650. The van der Waals surface area contributed by atoms with Gasteiger partial charge in [-0.05, 0) is 30.8 Å². The number of halogens is 1. The Balaban J connectivity index is 2.52. The maximum absolute atomic E-state index is 5.35. The quantitative estimate of drug-likeness (QED) is 0.839. The second-order valence-corrected chi connectivity index (χ2v) is 5.49. The maximum Gasteiger partial charge on any atom is 0.169 e. The van der Waals surface area contributed by atoms with E-state index in [4.69, 9.17) is 17.0 Å². The van der Waals surface area contributed by atoms with Crippen molar-refractivity contribution in [3.05, 3.63) is 34.3 Å². The van der Waals surface area contributed by atoms with Crippen LogP contribution in [0.5, 0.6) is 0 Å². The third-order valence-electron chi connectivity index (χ3n) is 2.50. The molecule has 0 aromatic heterocycles. The summed E-state index contributed by atoms with van der Waals surface area (Å²) in [6, 6.07) is 8.36. The van der Waals surface area contributed by atoms with Crippen LogP contribution in [0.4, 0.5) is 0 Å². The predicted octanol–water partition coefficient (Wildman–Crippen LogP) is 2.79. The molecule has 0 aliphatic carbocycles. The van der Waals surface area contributed by atoms with E-state index in [-0.39, 0.29) is 6.04 Å². The second kappa shape index (κ2) is 7.71. The van der Waals surface area contributed by atoms with E-state index in [0.717, 1.165) is 16.1 Å². The van der Waals surface area contributed by atoms with E-state index in [2.05, 4.69) is 27.3 Å². The van der Waals surface area contributed by atoms with Crippen molar-refractivity contribution in [1.82, 2.24) is 10.2 Å². The summed E-state index contributed by atoms with van der Waals surface area (Å²) >= 11 is 8.89. The van der Waals surface area contributed by atoms with Crippen molar-refractivity contribution in [3.63, 3.8) is 0 Å². The lowest BCUT2D eigenvalue weighted by molar-refractivity contribution is 0.178. The minimum atomic E-state index is 0.212. The zero-order chi connectivity index (χ0) is 13.5. The fourth-order valence-corrected chi connectivity index (χ4v) is 2.24. The summed E-state index contributed by atoms with van der Waals surface area (Å²) < 4.78 is 6.17. The van der Waals surface area contributed by atoms with Crippen LogP contribution >= 0.6 is 28.1 Å². The van der Waals surface area contributed by atoms with E-state index in [0.29, 0.717) is 6.61 Å². The van der Waals surface area contributed by atoms with Gasteiger partial charge < -0.3 is 15.0 Å². The van der Waals surface area contributed by atoms with Crippen LogP contribution in [0.15, 0.2) is 28.7 Å². The van der Waals surface area contributed by atoms with E-state index in [9.17, 15) is 0 Å². The summed E-state index contributed by atoms with van der Waals surface area (Å²) in [6.07, 6.45) is 0. The normalized spacial score (nSPS) is 12.0. The fraction of sp³-hybridized carbons (Fsp3) is 0.462. The number of hydrogen-bond acceptors (Lipinski definition) is 2. The van der Waals surface area contributed by atoms with E-state index < -0.39 is 0 Å². The Morgan fingerprint density at radius 3 is 2.78 bits per heavy atom. The molecule has 1 N–H and O–H groups in total. The molecular weight excluding hydrogens is 312 g/mol. The molecule has 18 heavy (non-hydrogen) atoms. The summed E-state index contributed by atoms with van der Waals surface area (Å²) in [5.74, 6) is 0. The summed E-state index contributed by atoms with van der Waals surface area (Å²) in [4.78, 5) is 2.02. The number of nitrogens with one attached hydrogen (secondary N) is 1. The number of rotatable bonds is 5. The smallest absolute Gasteiger partial charge is 0.169 e. The first kappa shape index (κ1) is 15.4. The van der Waals surface area contributed by atoms with Gasteiger partial charge in [-0.2, -0.15) is 0 Å². The molecule has 0 aliphatic rings. The van der Waals surface area contributed by atoms with Gasteiger partial charge in [-0.15, -0.1) is 0 Å². The van der Waals surface area contributed by atoms with E-state index in [1.165, 1.54) is 5.56 Å². The first-order valence-electron chi connectivity index (χ1n) is 5.78. The third kappa shape index (κ3) is 4.92. The van der Waals surface area contributed by atoms with Crippen molar-refractivity contribution < 1.29 is 4.74 Å². The molecule has 1 unspecified atom stereocenters. The summed E-state index contributed by atoms with van der Waals surface area (Å²) in [7, 11) is 3.67. The fourth-order valence-electron chi connectivity index (χ4n) is 1.57. The minimum absolute atomic E-state index is 0.212. The standard InChI is InChI=1S/C13H19BrN2OS/c1-10(9-17-3)15-13(18)16(2)8-11-6-4-5-7-12(11)14/h4-7,10H,8-9H2,1-3H3,(H,15,18). The van der Waals surface area contributed by atoms with Crippen LogP contribution < -0.4 is 5.32 Å². The lowest BCUT2D eigenvalue weighted by Gasteiger charge is -2.24. The van der Waals surface area contributed by atoms with Crippen LogP contribution in [0.2, 0.25) is 0 Å². The number of ether oxygens (including phenoxy) is 1. The number of methoxy groups -OCH3 is 1. The molecule has 0 heterocycles. The zero-order valence-electron chi connectivity index (χ0n) is 10.9. The Morgan fingerprint density at radius 1 is 1.50 bits per heavy atom. The molecule has 0 amide bonds. The highest BCUT2D eigenvalue weighted by Crippen LogP contribution is 2.17. The highest BCUT2D eigenvalue weighted by Gasteiger charge is 2.09. The molecule has 0 spiro atoms. The van der Waals surface area contributed by atoms with Crippen LogP contribution in [0.3, 0.4) is 0 Å². The van der Waals surface area contributed by atoms with Crippen LogP contribution in [-0.4, -0.2) is 36.8 Å². The Bertz CT molecular complexity index is 400. The Morgan fingerprint density at radius 2 is 2.17 bits per heavy atom. The first-order valence-corrected chi connectivity index (χ1v) is 6.98. The van der Waals surface area contributed by atoms with Gasteiger partial charge in [-0.25, -0.2) is 0 Å². The van der Waals surface area contributed by atoms with Gasteiger partial charge in [0.25, 0.3) is 0 Å². The zero-order valence-corrected chi connectivity index (χ0v) is 13.3. The van der Waals surface area contributed by atoms with E-state index >= 15 is 0 Å². The topological polar surface area (TPSA) is 24.5 Å². The first-order chi connectivity index (χ1) is 8.54. The molecule has 0 aliphatic heterocycles. The van der Waals surface area contributed by atoms with Crippen LogP contribution in [0.1, 0.15) is 12.5 Å². The summed E-state index contributed by atoms with van der Waals surface area (Å²) in [5, 5.41) is 3.97. The van der Waals surface area contributed by atoms with Crippen LogP contribution in [0.25, 0.3) is 0 Å². The predicted molar refractivity (Wildman–Crippen MR) is 82.7 cm³/mol. The molecule has 1 rings (SSSR count). The molecule has 1 aromatic carbocycles. The molecule has 1 aromatic rings. The lowest BCUT2D eigenvalue weighted by atomic mass is 10.2. The molecule has 100 valence electrons. The van der Waals surface area contributed by atoms with Gasteiger partial charge in [0.1, 0.15) is 0 Å². The highest BCUT2D eigenvalue weighted by atomic mass is 79.9. The summed E-state index contributed by atoms with van der Waals surface area (Å²) in [6.45, 7) is 3.46. The Kier molecular flexibility index (Phi) is 6.60. The average Bonchev–Trinajstić information content (AvgIpc) is 2.32. The second-order valence-electron chi connectivity index (χ2n) is 4.25. The number of thiocarbonyl (C=S) groups is 1. The summed E-state index contributed by atoms with van der Waals surface area (Å²) in [5.41, 5.74) is 1.21. The molecule has 1 atom stereocenters. The van der Waals surface area contributed by atoms with Crippen molar-refractivity contribution in [1.29, 1.82) is 0 Å². The van der Waals surface area contributed by atoms with E-state index in [1.807, 2.05) is 37.1 Å². The van der Waals surface area contributed by atoms with Crippen molar-refractivity contribution >= 4 is 33.3 Å². The molecule has 0 saturated heterocycles. The van der Waals surface area contributed by atoms with Crippen molar-refractivity contribution in [3.8, 4) is 0 Å². The average molecular weight is 331 g/mol. The third-order valence-corrected chi connectivity index (χ3v) is 3.70. The maximum atomic E-state index is 5.35. The lowest BCUT2D eigenvalue weighted by Crippen LogP contribution is -2.43. The van der Waals surface area contributed by atoms with Gasteiger partial charge in [0.15, 0.2) is 5.11 Å². The van der Waals surface area contributed by atoms with E-state index in [1.54, 1.807) is 7.11 Å². The molecule has 5 heteroatoms. The van der Waals surface area contributed by atoms with Gasteiger partial charge in [-0.3, -0.25) is 0 Å². The number of hydrogen-bond donors (Lipinski definition) is 1. The van der Waals surface area contributed by atoms with Gasteiger partial charge >= 0.3 is 0 Å². The van der Waals surface area contributed by atoms with Gasteiger partial charge in [-0.1, -0.05) is 34.1 Å². The van der Waals surface area contributed by atoms with Crippen molar-refractivity contribution in [2.45, 2.75) is 19.5 Å². The van der Waals surface area contributed by atoms with Gasteiger partial charge in [0.05, 0.1) is 6.61 Å². The molecular formula is C13H19BrN2OS. The molecule has 0 saturated carbocycles. The number of benzene rings is 1. The molecule has 0 bridgehead atoms. The largest absolute Gasteiger partial charge is 0.383 e. The Labute approximate surface area is 123 Å². The molecule has 0 radical (unpaired) electrons. The molecule has 0 fully saturated rings. The SMILES string of the molecule is COCC(C)NC(=S)N(C)Cc1ccccc1Br.